The lowest BCUT2D eigenvalue weighted by atomic mass is 9.89. The average Bonchev–Trinajstić information content (AvgIpc) is 3.43. The van der Waals surface area contributed by atoms with Crippen molar-refractivity contribution in [3.8, 4) is 5.13 Å². The topological polar surface area (TPSA) is 138 Å². The van der Waals surface area contributed by atoms with E-state index in [1.165, 1.54) is 26.6 Å². The van der Waals surface area contributed by atoms with Gasteiger partial charge >= 0.3 is 0 Å². The molecule has 0 saturated heterocycles. The van der Waals surface area contributed by atoms with Gasteiger partial charge in [-0.15, -0.1) is 11.3 Å². The van der Waals surface area contributed by atoms with E-state index in [2.05, 4.69) is 31.0 Å². The molecule has 1 saturated carbocycles. The summed E-state index contributed by atoms with van der Waals surface area (Å²) in [5, 5.41) is 23.5. The quantitative estimate of drug-likeness (QED) is 0.337. The summed E-state index contributed by atoms with van der Waals surface area (Å²) in [6.07, 6.45) is 5.69. The number of nitrogens with one attached hydrogen (secondary N) is 3. The number of aliphatic hydroxyl groups excluding tert-OH is 1. The molecule has 1 amide bonds. The second-order valence-electron chi connectivity index (χ2n) is 7.77. The van der Waals surface area contributed by atoms with Gasteiger partial charge in [0.1, 0.15) is 22.9 Å². The van der Waals surface area contributed by atoms with Crippen LogP contribution in [0.5, 0.6) is 0 Å². The average molecular weight is 467 g/mol. The molecule has 0 aliphatic heterocycles. The van der Waals surface area contributed by atoms with Gasteiger partial charge in [-0.3, -0.25) is 14.2 Å². The number of aliphatic hydroxyl groups is 1. The van der Waals surface area contributed by atoms with Crippen LogP contribution in [0.4, 0.5) is 17.3 Å². The largest absolute Gasteiger partial charge is 0.391 e. The highest BCUT2D eigenvalue weighted by atomic mass is 32.1. The first-order valence-electron chi connectivity index (χ1n) is 10.4. The summed E-state index contributed by atoms with van der Waals surface area (Å²) in [7, 11) is 1.73. The van der Waals surface area contributed by atoms with Gasteiger partial charge in [-0.05, 0) is 31.9 Å². The van der Waals surface area contributed by atoms with E-state index in [1.54, 1.807) is 37.6 Å². The third-order valence-corrected chi connectivity index (χ3v) is 6.46. The summed E-state index contributed by atoms with van der Waals surface area (Å²) in [6, 6.07) is 4.84. The number of aryl methyl sites for hydroxylation is 1. The maximum absolute atomic E-state index is 13.0. The Morgan fingerprint density at radius 3 is 2.82 bits per heavy atom. The maximum Gasteiger partial charge on any atom is 0.280 e. The van der Waals surface area contributed by atoms with Crippen LogP contribution in [0, 0.1) is 6.92 Å². The Bertz CT molecular complexity index is 1410. The molecule has 5 rings (SSSR count). The van der Waals surface area contributed by atoms with Crippen molar-refractivity contribution in [2.24, 2.45) is 0 Å². The van der Waals surface area contributed by atoms with Gasteiger partial charge in [-0.25, -0.2) is 9.97 Å². The van der Waals surface area contributed by atoms with E-state index < -0.39 is 6.10 Å². The molecule has 0 bridgehead atoms. The molecule has 2 atom stereocenters. The Hall–Kier alpha value is -3.77. The minimum Gasteiger partial charge on any atom is -0.391 e. The highest BCUT2D eigenvalue weighted by Gasteiger charge is 2.31. The summed E-state index contributed by atoms with van der Waals surface area (Å²) in [4.78, 5) is 35.6. The van der Waals surface area contributed by atoms with Crippen molar-refractivity contribution >= 4 is 40.2 Å². The van der Waals surface area contributed by atoms with Gasteiger partial charge < -0.3 is 21.1 Å². The Balaban J connectivity index is 1.50. The normalized spacial score (nSPS) is 17.5. The predicted molar refractivity (Wildman–Crippen MR) is 125 cm³/mol. The molecule has 0 spiro atoms. The van der Waals surface area contributed by atoms with E-state index in [0.29, 0.717) is 34.5 Å². The number of nitrogens with zero attached hydrogens (tertiary/aromatic N) is 5. The molecule has 0 radical (unpaired) electrons. The summed E-state index contributed by atoms with van der Waals surface area (Å²) in [6.45, 7) is 1.93. The molecule has 4 aromatic rings. The van der Waals surface area contributed by atoms with Crippen molar-refractivity contribution in [1.29, 1.82) is 0 Å². The van der Waals surface area contributed by atoms with Crippen LogP contribution < -0.4 is 21.5 Å². The van der Waals surface area contributed by atoms with Crippen LogP contribution in [0.25, 0.3) is 10.8 Å². The molecule has 1 aliphatic rings. The van der Waals surface area contributed by atoms with Crippen LogP contribution in [0.2, 0.25) is 0 Å². The van der Waals surface area contributed by atoms with Gasteiger partial charge in [0, 0.05) is 30.4 Å². The summed E-state index contributed by atoms with van der Waals surface area (Å²) < 4.78 is 2.98. The standard InChI is InChI=1S/C21H22N8O3S/c1-11-9-23-21(33-11)28-7-3-4-14(20(28)32)25-16-8-17(22-2)29-18(27-16)12(10-24-29)19(31)26-13-5-6-15(13)30/h3-4,7-10,13,15,22,30H,5-6H2,1-2H3,(H,25,27)(H,26,31)/t13?,15-/m1/s1. The first kappa shape index (κ1) is 21.1. The fourth-order valence-electron chi connectivity index (χ4n) is 3.59. The smallest absolute Gasteiger partial charge is 0.280 e. The van der Waals surface area contributed by atoms with Crippen LogP contribution in [0.1, 0.15) is 28.1 Å². The Labute approximate surface area is 192 Å². The third-order valence-electron chi connectivity index (χ3n) is 5.55. The van der Waals surface area contributed by atoms with Gasteiger partial charge in [0.15, 0.2) is 10.8 Å². The fraction of sp³-hybridized carbons (Fsp3) is 0.286. The highest BCUT2D eigenvalue weighted by molar-refractivity contribution is 7.13. The van der Waals surface area contributed by atoms with E-state index in [0.717, 1.165) is 11.3 Å². The molecule has 0 aromatic carbocycles. The van der Waals surface area contributed by atoms with E-state index in [1.807, 2.05) is 6.92 Å². The molecule has 11 nitrogen and oxygen atoms in total. The molecule has 12 heteroatoms. The summed E-state index contributed by atoms with van der Waals surface area (Å²) >= 11 is 1.42. The Kier molecular flexibility index (Phi) is 5.30. The second-order valence-corrected chi connectivity index (χ2v) is 8.98. The summed E-state index contributed by atoms with van der Waals surface area (Å²) in [5.74, 6) is 0.592. The maximum atomic E-state index is 13.0. The number of carbonyl (C=O) groups excluding carboxylic acids is 1. The van der Waals surface area contributed by atoms with E-state index in [4.69, 9.17) is 0 Å². The first-order valence-corrected chi connectivity index (χ1v) is 11.2. The minimum atomic E-state index is -0.532. The van der Waals surface area contributed by atoms with Crippen molar-refractivity contribution in [1.82, 2.24) is 29.5 Å². The lowest BCUT2D eigenvalue weighted by Crippen LogP contribution is -2.50. The SMILES string of the molecule is CNc1cc(Nc2cccn(-c3ncc(C)s3)c2=O)nc2c(C(=O)NC3CC[C@H]3O)cnn12. The predicted octanol–water partition coefficient (Wildman–Crippen LogP) is 1.68. The molecular formula is C21H22N8O3S. The van der Waals surface area contributed by atoms with Gasteiger partial charge in [-0.2, -0.15) is 9.61 Å². The number of rotatable bonds is 6. The molecule has 1 fully saturated rings. The molecule has 1 aliphatic carbocycles. The van der Waals surface area contributed by atoms with E-state index >= 15 is 0 Å². The number of hydrogen-bond acceptors (Lipinski definition) is 9. The van der Waals surface area contributed by atoms with Crippen LogP contribution in [0.3, 0.4) is 0 Å². The zero-order valence-corrected chi connectivity index (χ0v) is 18.8. The minimum absolute atomic E-state index is 0.269. The van der Waals surface area contributed by atoms with Crippen molar-refractivity contribution < 1.29 is 9.90 Å². The van der Waals surface area contributed by atoms with Crippen LogP contribution in [0.15, 0.2) is 41.6 Å². The fourth-order valence-corrected chi connectivity index (χ4v) is 4.33. The molecule has 33 heavy (non-hydrogen) atoms. The molecule has 4 N–H and O–H groups in total. The number of pyridine rings is 1. The zero-order chi connectivity index (χ0) is 23.1. The summed E-state index contributed by atoms with van der Waals surface area (Å²) in [5.41, 5.74) is 0.637. The van der Waals surface area contributed by atoms with E-state index in [9.17, 15) is 14.7 Å². The van der Waals surface area contributed by atoms with Crippen LogP contribution in [-0.4, -0.2) is 54.4 Å². The van der Waals surface area contributed by atoms with Crippen LogP contribution >= 0.6 is 11.3 Å². The van der Waals surface area contributed by atoms with E-state index in [-0.39, 0.29) is 23.1 Å². The number of anilines is 3. The van der Waals surface area contributed by atoms with Crippen molar-refractivity contribution in [2.45, 2.75) is 31.9 Å². The van der Waals surface area contributed by atoms with Crippen molar-refractivity contribution in [3.63, 3.8) is 0 Å². The number of hydrogen-bond donors (Lipinski definition) is 4. The number of carbonyl (C=O) groups is 1. The van der Waals surface area contributed by atoms with Gasteiger partial charge in [-0.1, -0.05) is 0 Å². The molecule has 1 unspecified atom stereocenters. The number of amides is 1. The second kappa shape index (κ2) is 8.30. The molecule has 4 heterocycles. The van der Waals surface area contributed by atoms with Gasteiger partial charge in [0.2, 0.25) is 0 Å². The first-order chi connectivity index (χ1) is 15.9. The van der Waals surface area contributed by atoms with Crippen LogP contribution in [-0.2, 0) is 0 Å². The van der Waals surface area contributed by atoms with Gasteiger partial charge in [0.25, 0.3) is 11.5 Å². The molecule has 170 valence electrons. The molecule has 4 aromatic heterocycles. The zero-order valence-electron chi connectivity index (χ0n) is 17.9. The highest BCUT2D eigenvalue weighted by Crippen LogP contribution is 2.23. The number of aromatic nitrogens is 5. The van der Waals surface area contributed by atoms with Crippen molar-refractivity contribution in [3.05, 3.63) is 57.6 Å². The monoisotopic (exact) mass is 466 g/mol. The Morgan fingerprint density at radius 2 is 2.15 bits per heavy atom. The lowest BCUT2D eigenvalue weighted by molar-refractivity contribution is 0.0448. The van der Waals surface area contributed by atoms with Gasteiger partial charge in [0.05, 0.1) is 18.3 Å². The third kappa shape index (κ3) is 3.83. The Morgan fingerprint density at radius 1 is 1.30 bits per heavy atom. The molecular weight excluding hydrogens is 444 g/mol. The lowest BCUT2D eigenvalue weighted by Gasteiger charge is -2.32. The van der Waals surface area contributed by atoms with Crippen molar-refractivity contribution in [2.75, 3.05) is 17.7 Å². The number of thiazole rings is 1. The number of fused-ring (bicyclic) bond motifs is 1.